The van der Waals surface area contributed by atoms with Crippen LogP contribution in [-0.2, 0) is 9.59 Å². The largest absolute Gasteiger partial charge is 0.340 e. The Morgan fingerprint density at radius 2 is 2.07 bits per heavy atom. The van der Waals surface area contributed by atoms with Gasteiger partial charge in [0.15, 0.2) is 0 Å². The predicted octanol–water partition coefficient (Wildman–Crippen LogP) is 0.688. The Morgan fingerprint density at radius 3 is 2.53 bits per heavy atom. The molecule has 1 atom stereocenters. The minimum Gasteiger partial charge on any atom is -0.340 e. The lowest BCUT2D eigenvalue weighted by molar-refractivity contribution is -0.152. The molecule has 15 heavy (non-hydrogen) atoms. The first kappa shape index (κ1) is 11.8. The molecule has 1 aliphatic rings. The molecule has 4 heteroatoms. The van der Waals surface area contributed by atoms with Crippen LogP contribution in [0.25, 0.3) is 0 Å². The van der Waals surface area contributed by atoms with Gasteiger partial charge in [-0.15, -0.1) is 0 Å². The van der Waals surface area contributed by atoms with Crippen molar-refractivity contribution in [3.63, 3.8) is 0 Å². The Morgan fingerprint density at radius 1 is 1.53 bits per heavy atom. The molecule has 0 spiro atoms. The summed E-state index contributed by atoms with van der Waals surface area (Å²) in [4.78, 5) is 25.2. The van der Waals surface area contributed by atoms with Crippen LogP contribution in [0.4, 0.5) is 0 Å². The number of amides is 2. The molecule has 4 nitrogen and oxygen atoms in total. The highest BCUT2D eigenvalue weighted by molar-refractivity contribution is 5.99. The van der Waals surface area contributed by atoms with Gasteiger partial charge in [-0.25, -0.2) is 0 Å². The molecule has 1 aliphatic heterocycles. The first-order valence-electron chi connectivity index (χ1n) is 5.03. The number of hydrogen-bond donors (Lipinski definition) is 1. The lowest BCUT2D eigenvalue weighted by Gasteiger charge is -2.41. The average Bonchev–Trinajstić information content (AvgIpc) is 2.08. The topological polar surface area (TPSA) is 49.4 Å². The maximum Gasteiger partial charge on any atom is 0.248 e. The van der Waals surface area contributed by atoms with E-state index in [1.807, 2.05) is 6.92 Å². The van der Waals surface area contributed by atoms with Crippen molar-refractivity contribution in [2.24, 2.45) is 0 Å². The van der Waals surface area contributed by atoms with E-state index in [0.717, 1.165) is 5.57 Å². The van der Waals surface area contributed by atoms with E-state index in [-0.39, 0.29) is 11.8 Å². The van der Waals surface area contributed by atoms with E-state index in [2.05, 4.69) is 11.9 Å². The zero-order valence-electron chi connectivity index (χ0n) is 9.76. The molecule has 1 rings (SSSR count). The van der Waals surface area contributed by atoms with E-state index in [0.29, 0.717) is 6.54 Å². The van der Waals surface area contributed by atoms with Crippen LogP contribution < -0.4 is 5.32 Å². The fraction of sp³-hybridized carbons (Fsp3) is 0.636. The molecule has 0 bridgehead atoms. The van der Waals surface area contributed by atoms with Crippen molar-refractivity contribution in [1.82, 2.24) is 10.2 Å². The second kappa shape index (κ2) is 3.68. The highest BCUT2D eigenvalue weighted by Crippen LogP contribution is 2.18. The van der Waals surface area contributed by atoms with E-state index < -0.39 is 11.6 Å². The third kappa shape index (κ3) is 2.19. The Hall–Kier alpha value is -1.32. The predicted molar refractivity (Wildman–Crippen MR) is 58.2 cm³/mol. The van der Waals surface area contributed by atoms with Gasteiger partial charge in [-0.2, -0.15) is 0 Å². The van der Waals surface area contributed by atoms with Crippen LogP contribution >= 0.6 is 0 Å². The van der Waals surface area contributed by atoms with Crippen LogP contribution in [0.15, 0.2) is 12.2 Å². The number of hydrogen-bond acceptors (Lipinski definition) is 2. The van der Waals surface area contributed by atoms with Gasteiger partial charge in [0.2, 0.25) is 11.8 Å². The summed E-state index contributed by atoms with van der Waals surface area (Å²) in [7, 11) is 0. The Kier molecular flexibility index (Phi) is 2.88. The van der Waals surface area contributed by atoms with Crippen LogP contribution in [0.5, 0.6) is 0 Å². The minimum absolute atomic E-state index is 0.0578. The summed E-state index contributed by atoms with van der Waals surface area (Å²) in [6, 6.07) is -0.415. The molecule has 0 aliphatic carbocycles. The Bertz CT molecular complexity index is 321. The molecule has 84 valence electrons. The number of nitrogens with one attached hydrogen (secondary N) is 1. The molecule has 1 saturated heterocycles. The number of carbonyl (C=O) groups excluding carboxylic acids is 2. The van der Waals surface area contributed by atoms with E-state index in [1.54, 1.807) is 25.7 Å². The molecular weight excluding hydrogens is 192 g/mol. The van der Waals surface area contributed by atoms with Crippen molar-refractivity contribution in [3.8, 4) is 0 Å². The molecule has 0 aromatic rings. The van der Waals surface area contributed by atoms with Crippen LogP contribution in [0, 0.1) is 0 Å². The number of piperazine rings is 1. The third-order valence-corrected chi connectivity index (χ3v) is 2.52. The van der Waals surface area contributed by atoms with Crippen LogP contribution in [0.2, 0.25) is 0 Å². The summed E-state index contributed by atoms with van der Waals surface area (Å²) in [6.07, 6.45) is 0. The van der Waals surface area contributed by atoms with E-state index >= 15 is 0 Å². The number of nitrogens with zero attached hydrogens (tertiary/aromatic N) is 1. The SMILES string of the molecule is C=C(C)CN1C(=O)C(C)(C)NC(=O)C1C. The van der Waals surface area contributed by atoms with E-state index in [1.165, 1.54) is 0 Å². The van der Waals surface area contributed by atoms with Gasteiger partial charge in [0, 0.05) is 6.54 Å². The van der Waals surface area contributed by atoms with Gasteiger partial charge in [0.05, 0.1) is 0 Å². The minimum atomic E-state index is -0.807. The first-order chi connectivity index (χ1) is 6.75. The van der Waals surface area contributed by atoms with E-state index in [9.17, 15) is 9.59 Å². The zero-order valence-corrected chi connectivity index (χ0v) is 9.76. The highest BCUT2D eigenvalue weighted by atomic mass is 16.2. The van der Waals surface area contributed by atoms with E-state index in [4.69, 9.17) is 0 Å². The molecule has 2 amide bonds. The van der Waals surface area contributed by atoms with Crippen molar-refractivity contribution in [2.45, 2.75) is 39.3 Å². The molecule has 1 fully saturated rings. The Labute approximate surface area is 90.3 Å². The first-order valence-corrected chi connectivity index (χ1v) is 5.03. The summed E-state index contributed by atoms with van der Waals surface area (Å²) in [6.45, 7) is 11.2. The lowest BCUT2D eigenvalue weighted by Crippen LogP contribution is -2.67. The van der Waals surface area contributed by atoms with Gasteiger partial charge >= 0.3 is 0 Å². The number of carbonyl (C=O) groups is 2. The molecule has 0 saturated carbocycles. The average molecular weight is 210 g/mol. The second-order valence-electron chi connectivity index (χ2n) is 4.68. The fourth-order valence-corrected chi connectivity index (χ4v) is 1.64. The summed E-state index contributed by atoms with van der Waals surface area (Å²) >= 11 is 0. The second-order valence-corrected chi connectivity index (χ2v) is 4.68. The smallest absolute Gasteiger partial charge is 0.248 e. The Balaban J connectivity index is 2.95. The maximum absolute atomic E-state index is 12.0. The van der Waals surface area contributed by atoms with Crippen LogP contribution in [-0.4, -0.2) is 34.8 Å². The van der Waals surface area contributed by atoms with Gasteiger partial charge in [0.1, 0.15) is 11.6 Å². The number of rotatable bonds is 2. The molecule has 0 radical (unpaired) electrons. The monoisotopic (exact) mass is 210 g/mol. The summed E-state index contributed by atoms with van der Waals surface area (Å²) in [5.74, 6) is -0.168. The van der Waals surface area contributed by atoms with Crippen LogP contribution in [0.3, 0.4) is 0 Å². The van der Waals surface area contributed by atoms with Crippen molar-refractivity contribution in [3.05, 3.63) is 12.2 Å². The quantitative estimate of drug-likeness (QED) is 0.682. The summed E-state index contributed by atoms with van der Waals surface area (Å²) in [5.41, 5.74) is 0.0691. The zero-order chi connectivity index (χ0) is 11.8. The highest BCUT2D eigenvalue weighted by Gasteiger charge is 2.42. The molecule has 1 heterocycles. The normalized spacial score (nSPS) is 25.1. The molecule has 1 N–H and O–H groups in total. The lowest BCUT2D eigenvalue weighted by atomic mass is 9.97. The summed E-state index contributed by atoms with van der Waals surface area (Å²) in [5, 5.41) is 2.70. The van der Waals surface area contributed by atoms with Gasteiger partial charge < -0.3 is 10.2 Å². The van der Waals surface area contributed by atoms with Crippen LogP contribution in [0.1, 0.15) is 27.7 Å². The molecular formula is C11H18N2O2. The van der Waals surface area contributed by atoms with Gasteiger partial charge in [-0.1, -0.05) is 12.2 Å². The van der Waals surface area contributed by atoms with Gasteiger partial charge in [-0.3, -0.25) is 9.59 Å². The third-order valence-electron chi connectivity index (χ3n) is 2.52. The maximum atomic E-state index is 12.0. The van der Waals surface area contributed by atoms with Crippen molar-refractivity contribution < 1.29 is 9.59 Å². The van der Waals surface area contributed by atoms with Crippen molar-refractivity contribution in [2.75, 3.05) is 6.54 Å². The summed E-state index contributed by atoms with van der Waals surface area (Å²) < 4.78 is 0. The van der Waals surface area contributed by atoms with Crippen molar-refractivity contribution in [1.29, 1.82) is 0 Å². The van der Waals surface area contributed by atoms with Crippen molar-refractivity contribution >= 4 is 11.8 Å². The molecule has 0 aromatic heterocycles. The van der Waals surface area contributed by atoms with Gasteiger partial charge in [0.25, 0.3) is 0 Å². The molecule has 0 aromatic carbocycles. The van der Waals surface area contributed by atoms with Gasteiger partial charge in [-0.05, 0) is 27.7 Å². The standard InChI is InChI=1S/C11H18N2O2/c1-7(2)6-13-8(3)9(14)12-11(4,5)10(13)15/h8H,1,6H2,2-5H3,(H,12,14). The fourth-order valence-electron chi connectivity index (χ4n) is 1.64. The molecule has 1 unspecified atom stereocenters.